The van der Waals surface area contributed by atoms with Crippen molar-refractivity contribution in [1.82, 2.24) is 4.90 Å². The van der Waals surface area contributed by atoms with Gasteiger partial charge in [0.25, 0.3) is 0 Å². The average Bonchev–Trinajstić information content (AvgIpc) is 3.25. The van der Waals surface area contributed by atoms with Crippen LogP contribution in [0.4, 0.5) is 5.69 Å². The molecule has 0 spiro atoms. The van der Waals surface area contributed by atoms with Gasteiger partial charge in [0, 0.05) is 15.8 Å². The first kappa shape index (κ1) is 17.0. The Kier molecular flexibility index (Phi) is 5.91. The van der Waals surface area contributed by atoms with E-state index in [2.05, 4.69) is 33.8 Å². The molecule has 24 heavy (non-hydrogen) atoms. The van der Waals surface area contributed by atoms with Gasteiger partial charge < -0.3 is 5.32 Å². The van der Waals surface area contributed by atoms with E-state index in [1.165, 1.54) is 16.6 Å². The lowest BCUT2D eigenvalue weighted by molar-refractivity contribution is -0.117. The zero-order valence-corrected chi connectivity index (χ0v) is 14.9. The summed E-state index contributed by atoms with van der Waals surface area (Å²) in [5.41, 5.74) is 0.787. The average molecular weight is 358 g/mol. The van der Waals surface area contributed by atoms with E-state index in [4.69, 9.17) is 5.26 Å². The highest BCUT2D eigenvalue weighted by atomic mass is 32.2. The number of thiophene rings is 1. The smallest absolute Gasteiger partial charge is 0.238 e. The molecule has 1 aliphatic heterocycles. The van der Waals surface area contributed by atoms with Gasteiger partial charge in [-0.3, -0.25) is 9.69 Å². The van der Waals surface area contributed by atoms with Crippen LogP contribution in [0.25, 0.3) is 0 Å². The van der Waals surface area contributed by atoms with Crippen LogP contribution in [0.1, 0.15) is 23.8 Å². The third-order valence-electron chi connectivity index (χ3n) is 4.04. The van der Waals surface area contributed by atoms with Gasteiger partial charge in [-0.15, -0.1) is 23.1 Å². The maximum atomic E-state index is 12.5. The number of amides is 1. The number of hydrogen-bond acceptors (Lipinski definition) is 5. The lowest BCUT2D eigenvalue weighted by Crippen LogP contribution is -2.32. The van der Waals surface area contributed by atoms with Crippen LogP contribution in [0, 0.1) is 11.3 Å². The topological polar surface area (TPSA) is 56.1 Å². The van der Waals surface area contributed by atoms with Gasteiger partial charge in [-0.1, -0.05) is 18.2 Å². The second-order valence-electron chi connectivity index (χ2n) is 5.64. The summed E-state index contributed by atoms with van der Waals surface area (Å²) in [5, 5.41) is 13.8. The van der Waals surface area contributed by atoms with Crippen LogP contribution in [0.5, 0.6) is 0 Å². The summed E-state index contributed by atoms with van der Waals surface area (Å²) in [4.78, 5) is 17.0. The van der Waals surface area contributed by atoms with Crippen LogP contribution in [0.15, 0.2) is 46.7 Å². The van der Waals surface area contributed by atoms with Crippen LogP contribution in [-0.2, 0) is 4.79 Å². The maximum Gasteiger partial charge on any atom is 0.238 e. The minimum Gasteiger partial charge on any atom is -0.324 e. The van der Waals surface area contributed by atoms with Gasteiger partial charge >= 0.3 is 0 Å². The van der Waals surface area contributed by atoms with Crippen LogP contribution in [0.3, 0.4) is 0 Å². The Balaban J connectivity index is 1.63. The molecule has 0 saturated carbocycles. The minimum atomic E-state index is 0.00321. The van der Waals surface area contributed by atoms with Gasteiger partial charge in [0.05, 0.1) is 24.1 Å². The molecule has 0 unspecified atom stereocenters. The highest BCUT2D eigenvalue weighted by molar-refractivity contribution is 7.99. The van der Waals surface area contributed by atoms with Gasteiger partial charge in [0.1, 0.15) is 0 Å². The molecule has 1 aromatic carbocycles. The second kappa shape index (κ2) is 8.34. The predicted molar refractivity (Wildman–Crippen MR) is 99.3 cm³/mol. The number of nitrogens with zero attached hydrogens (tertiary/aromatic N) is 2. The zero-order valence-electron chi connectivity index (χ0n) is 13.3. The molecule has 0 radical (unpaired) electrons. The first-order valence-electron chi connectivity index (χ1n) is 7.94. The Morgan fingerprint density at radius 2 is 2.25 bits per heavy atom. The molecule has 1 amide bonds. The summed E-state index contributed by atoms with van der Waals surface area (Å²) in [6, 6.07) is 14.3. The highest BCUT2D eigenvalue weighted by Crippen LogP contribution is 2.34. The molecule has 1 aliphatic rings. The number of nitrogens with one attached hydrogen (secondary N) is 1. The quantitative estimate of drug-likeness (QED) is 0.790. The van der Waals surface area contributed by atoms with Gasteiger partial charge in [-0.25, -0.2) is 0 Å². The van der Waals surface area contributed by atoms with E-state index in [0.29, 0.717) is 18.3 Å². The van der Waals surface area contributed by atoms with E-state index in [1.807, 2.05) is 24.3 Å². The van der Waals surface area contributed by atoms with Gasteiger partial charge in [-0.2, -0.15) is 5.26 Å². The van der Waals surface area contributed by atoms with E-state index < -0.39 is 0 Å². The SMILES string of the molecule is N#CCSc1ccccc1NC(=O)CN1CCC[C@H]1c1cccs1. The van der Waals surface area contributed by atoms with E-state index in [-0.39, 0.29) is 5.91 Å². The number of likely N-dealkylation sites (tertiary alicyclic amines) is 1. The molecule has 2 aromatic rings. The highest BCUT2D eigenvalue weighted by Gasteiger charge is 2.28. The number of nitriles is 1. The van der Waals surface area contributed by atoms with Crippen LogP contribution in [0.2, 0.25) is 0 Å². The molecule has 1 N–H and O–H groups in total. The Morgan fingerprint density at radius 3 is 3.04 bits per heavy atom. The van der Waals surface area contributed by atoms with E-state index in [0.717, 1.165) is 30.0 Å². The predicted octanol–water partition coefficient (Wildman–Crippen LogP) is 4.14. The van der Waals surface area contributed by atoms with Gasteiger partial charge in [0.2, 0.25) is 5.91 Å². The number of benzene rings is 1. The number of para-hydroxylation sites is 1. The van der Waals surface area contributed by atoms with Crippen molar-refractivity contribution in [2.45, 2.75) is 23.8 Å². The van der Waals surface area contributed by atoms with E-state index in [9.17, 15) is 4.79 Å². The van der Waals surface area contributed by atoms with Gasteiger partial charge in [-0.05, 0) is 43.0 Å². The Labute approximate surface area is 150 Å². The Hall–Kier alpha value is -1.81. The fourth-order valence-electron chi connectivity index (χ4n) is 3.00. The van der Waals surface area contributed by atoms with E-state index >= 15 is 0 Å². The fraction of sp³-hybridized carbons (Fsp3) is 0.333. The van der Waals surface area contributed by atoms with Crippen molar-refractivity contribution in [2.24, 2.45) is 0 Å². The third kappa shape index (κ3) is 4.18. The van der Waals surface area contributed by atoms with Crippen LogP contribution in [-0.4, -0.2) is 29.6 Å². The summed E-state index contributed by atoms with van der Waals surface area (Å²) in [7, 11) is 0. The summed E-state index contributed by atoms with van der Waals surface area (Å²) < 4.78 is 0. The standard InChI is InChI=1S/C18H19N3OS2/c19-9-12-24-16-7-2-1-5-14(16)20-18(22)13-21-10-3-6-15(21)17-8-4-11-23-17/h1-2,4-5,7-8,11,15H,3,6,10,12-13H2,(H,20,22)/t15-/m0/s1. The van der Waals surface area contributed by atoms with Crippen molar-refractivity contribution in [2.75, 3.05) is 24.2 Å². The van der Waals surface area contributed by atoms with Gasteiger partial charge in [0.15, 0.2) is 0 Å². The van der Waals surface area contributed by atoms with Crippen molar-refractivity contribution in [1.29, 1.82) is 5.26 Å². The number of carbonyl (C=O) groups is 1. The van der Waals surface area contributed by atoms with Crippen molar-refractivity contribution in [3.05, 3.63) is 46.7 Å². The molecule has 0 bridgehead atoms. The molecule has 3 rings (SSSR count). The molecule has 1 saturated heterocycles. The van der Waals surface area contributed by atoms with E-state index in [1.54, 1.807) is 11.3 Å². The first-order chi connectivity index (χ1) is 11.8. The molecule has 1 fully saturated rings. The summed E-state index contributed by atoms with van der Waals surface area (Å²) >= 11 is 3.20. The lowest BCUT2D eigenvalue weighted by atomic mass is 10.2. The van der Waals surface area contributed by atoms with Crippen LogP contribution >= 0.6 is 23.1 Å². The molecule has 1 aromatic heterocycles. The fourth-order valence-corrected chi connectivity index (χ4v) is 4.56. The lowest BCUT2D eigenvalue weighted by Gasteiger charge is -2.23. The number of anilines is 1. The molecule has 1 atom stereocenters. The number of rotatable bonds is 6. The molecular weight excluding hydrogens is 338 g/mol. The third-order valence-corrected chi connectivity index (χ3v) is 5.95. The van der Waals surface area contributed by atoms with Crippen molar-refractivity contribution in [3.63, 3.8) is 0 Å². The molecule has 6 heteroatoms. The summed E-state index contributed by atoms with van der Waals surface area (Å²) in [6.07, 6.45) is 2.24. The maximum absolute atomic E-state index is 12.5. The van der Waals surface area contributed by atoms with Crippen molar-refractivity contribution in [3.8, 4) is 6.07 Å². The monoisotopic (exact) mass is 357 g/mol. The zero-order chi connectivity index (χ0) is 16.8. The molecular formula is C18H19N3OS2. The first-order valence-corrected chi connectivity index (χ1v) is 9.80. The number of hydrogen-bond donors (Lipinski definition) is 1. The van der Waals surface area contributed by atoms with Crippen molar-refractivity contribution < 1.29 is 4.79 Å². The van der Waals surface area contributed by atoms with Crippen molar-refractivity contribution >= 4 is 34.7 Å². The number of thioether (sulfide) groups is 1. The minimum absolute atomic E-state index is 0.00321. The Bertz CT molecular complexity index is 724. The summed E-state index contributed by atoms with van der Waals surface area (Å²) in [6.45, 7) is 1.36. The molecule has 2 heterocycles. The van der Waals surface area contributed by atoms with Crippen LogP contribution < -0.4 is 5.32 Å². The second-order valence-corrected chi connectivity index (χ2v) is 7.63. The summed E-state index contributed by atoms with van der Waals surface area (Å²) in [5.74, 6) is 0.378. The molecule has 0 aliphatic carbocycles. The normalized spacial score (nSPS) is 17.5. The number of carbonyl (C=O) groups excluding carboxylic acids is 1. The largest absolute Gasteiger partial charge is 0.324 e. The Morgan fingerprint density at radius 1 is 1.38 bits per heavy atom. The molecule has 124 valence electrons. The molecule has 4 nitrogen and oxygen atoms in total.